The molecule has 1 N–H and O–H groups in total. The maximum atomic E-state index is 13.3. The quantitative estimate of drug-likeness (QED) is 0.911. The van der Waals surface area contributed by atoms with Gasteiger partial charge in [0.1, 0.15) is 5.82 Å². The first-order valence-corrected chi connectivity index (χ1v) is 9.35. The highest BCUT2D eigenvalue weighted by atomic mass is 19.1. The van der Waals surface area contributed by atoms with Crippen molar-refractivity contribution in [2.75, 3.05) is 6.61 Å². The van der Waals surface area contributed by atoms with Crippen molar-refractivity contribution in [2.24, 2.45) is 5.92 Å². The van der Waals surface area contributed by atoms with Crippen molar-refractivity contribution in [1.82, 2.24) is 5.32 Å². The number of carbonyl (C=O) groups excluding carboxylic acids is 1. The van der Waals surface area contributed by atoms with Crippen molar-refractivity contribution < 1.29 is 13.9 Å². The largest absolute Gasteiger partial charge is 0.375 e. The van der Waals surface area contributed by atoms with Crippen LogP contribution < -0.4 is 5.32 Å². The van der Waals surface area contributed by atoms with Gasteiger partial charge in [-0.15, -0.1) is 0 Å². The summed E-state index contributed by atoms with van der Waals surface area (Å²) in [4.78, 5) is 12.6. The third-order valence-electron chi connectivity index (χ3n) is 6.01. The maximum Gasteiger partial charge on any atom is 0.223 e. The molecule has 3 atom stereocenters. The van der Waals surface area contributed by atoms with E-state index in [-0.39, 0.29) is 35.2 Å². The Morgan fingerprint density at radius 3 is 2.88 bits per heavy atom. The molecular formula is C20H26FNO2. The Kier molecular flexibility index (Phi) is 4.33. The first kappa shape index (κ1) is 16.1. The van der Waals surface area contributed by atoms with E-state index in [4.69, 9.17) is 4.74 Å². The predicted octanol–water partition coefficient (Wildman–Crippen LogP) is 3.93. The molecule has 2 saturated carbocycles. The summed E-state index contributed by atoms with van der Waals surface area (Å²) >= 11 is 0. The molecule has 3 nitrogen and oxygen atoms in total. The van der Waals surface area contributed by atoms with E-state index in [0.29, 0.717) is 0 Å². The molecule has 3 aliphatic rings. The summed E-state index contributed by atoms with van der Waals surface area (Å²) in [6.07, 6.45) is 8.75. The molecule has 1 saturated heterocycles. The fourth-order valence-electron chi connectivity index (χ4n) is 4.59. The first-order valence-electron chi connectivity index (χ1n) is 9.35. The van der Waals surface area contributed by atoms with Gasteiger partial charge in [-0.25, -0.2) is 4.39 Å². The Morgan fingerprint density at radius 1 is 1.25 bits per heavy atom. The third kappa shape index (κ3) is 3.34. The van der Waals surface area contributed by atoms with Gasteiger partial charge >= 0.3 is 0 Å². The van der Waals surface area contributed by atoms with Gasteiger partial charge in [-0.2, -0.15) is 0 Å². The fraction of sp³-hybridized carbons (Fsp3) is 0.650. The number of hydrogen-bond acceptors (Lipinski definition) is 2. The standard InChI is InChI=1S/C20H26FNO2/c21-15-6-4-5-14(11-15)17-12-18(17)19(23)22-16-7-10-24-20(13-16)8-2-1-3-9-20/h4-6,11,16-18H,1-3,7-10,12-13H2,(H,22,23). The van der Waals surface area contributed by atoms with Gasteiger partial charge in [0.25, 0.3) is 0 Å². The molecular weight excluding hydrogens is 305 g/mol. The topological polar surface area (TPSA) is 38.3 Å². The van der Waals surface area contributed by atoms with E-state index in [9.17, 15) is 9.18 Å². The van der Waals surface area contributed by atoms with Gasteiger partial charge in [0, 0.05) is 18.6 Å². The lowest BCUT2D eigenvalue weighted by Gasteiger charge is -2.43. The van der Waals surface area contributed by atoms with Crippen LogP contribution in [-0.2, 0) is 9.53 Å². The molecule has 1 heterocycles. The summed E-state index contributed by atoms with van der Waals surface area (Å²) in [5.74, 6) is 0.116. The third-order valence-corrected chi connectivity index (χ3v) is 6.01. The lowest BCUT2D eigenvalue weighted by atomic mass is 9.78. The minimum atomic E-state index is -0.220. The smallest absolute Gasteiger partial charge is 0.223 e. The second-order valence-electron chi connectivity index (χ2n) is 7.79. The van der Waals surface area contributed by atoms with Crippen LogP contribution >= 0.6 is 0 Å². The van der Waals surface area contributed by atoms with E-state index in [1.54, 1.807) is 12.1 Å². The molecule has 3 unspecified atom stereocenters. The van der Waals surface area contributed by atoms with Crippen molar-refractivity contribution in [3.63, 3.8) is 0 Å². The average Bonchev–Trinajstić information content (AvgIpc) is 3.36. The molecule has 1 spiro atoms. The number of carbonyl (C=O) groups is 1. The summed E-state index contributed by atoms with van der Waals surface area (Å²) in [5, 5.41) is 3.25. The van der Waals surface area contributed by atoms with Gasteiger partial charge < -0.3 is 10.1 Å². The van der Waals surface area contributed by atoms with Crippen LogP contribution in [0, 0.1) is 11.7 Å². The monoisotopic (exact) mass is 331 g/mol. The zero-order chi connectivity index (χ0) is 16.6. The SMILES string of the molecule is O=C(NC1CCOC2(CCCCC2)C1)C1CC1c1cccc(F)c1. The molecule has 4 heteroatoms. The summed E-state index contributed by atoms with van der Waals surface area (Å²) < 4.78 is 19.4. The zero-order valence-corrected chi connectivity index (χ0v) is 14.1. The zero-order valence-electron chi connectivity index (χ0n) is 14.1. The van der Waals surface area contributed by atoms with Crippen molar-refractivity contribution in [1.29, 1.82) is 0 Å². The number of hydrogen-bond donors (Lipinski definition) is 1. The molecule has 0 aromatic heterocycles. The normalized spacial score (nSPS) is 31.6. The average molecular weight is 331 g/mol. The van der Waals surface area contributed by atoms with Crippen LogP contribution in [0.5, 0.6) is 0 Å². The Bertz CT molecular complexity index is 606. The van der Waals surface area contributed by atoms with Crippen LogP contribution in [0.2, 0.25) is 0 Å². The summed E-state index contributed by atoms with van der Waals surface area (Å²) in [5.41, 5.74) is 0.964. The maximum absolute atomic E-state index is 13.3. The molecule has 1 amide bonds. The molecule has 1 aromatic rings. The number of halogens is 1. The van der Waals surface area contributed by atoms with E-state index in [1.165, 1.54) is 25.3 Å². The minimum Gasteiger partial charge on any atom is -0.375 e. The van der Waals surface area contributed by atoms with Crippen LogP contribution in [0.4, 0.5) is 4.39 Å². The van der Waals surface area contributed by atoms with Crippen molar-refractivity contribution in [3.8, 4) is 0 Å². The number of nitrogens with one attached hydrogen (secondary N) is 1. The number of benzene rings is 1. The molecule has 4 rings (SSSR count). The first-order chi connectivity index (χ1) is 11.7. The second kappa shape index (κ2) is 6.47. The Labute approximate surface area is 143 Å². The molecule has 1 aliphatic heterocycles. The van der Waals surface area contributed by atoms with Crippen molar-refractivity contribution in [3.05, 3.63) is 35.6 Å². The molecule has 2 aliphatic carbocycles. The minimum absolute atomic E-state index is 0.0111. The Balaban J connectivity index is 1.33. The molecule has 130 valence electrons. The molecule has 3 fully saturated rings. The number of amides is 1. The van der Waals surface area contributed by atoms with Gasteiger partial charge in [-0.05, 0) is 55.7 Å². The van der Waals surface area contributed by atoms with E-state index in [2.05, 4.69) is 5.32 Å². The van der Waals surface area contributed by atoms with Gasteiger partial charge in [-0.3, -0.25) is 4.79 Å². The van der Waals surface area contributed by atoms with E-state index >= 15 is 0 Å². The van der Waals surface area contributed by atoms with Crippen LogP contribution in [-0.4, -0.2) is 24.2 Å². The summed E-state index contributed by atoms with van der Waals surface area (Å²) in [6, 6.07) is 6.89. The van der Waals surface area contributed by atoms with Crippen molar-refractivity contribution in [2.45, 2.75) is 68.9 Å². The van der Waals surface area contributed by atoms with Gasteiger partial charge in [-0.1, -0.05) is 31.4 Å². The van der Waals surface area contributed by atoms with E-state index in [0.717, 1.165) is 44.3 Å². The molecule has 1 aromatic carbocycles. The highest BCUT2D eigenvalue weighted by Crippen LogP contribution is 2.48. The van der Waals surface area contributed by atoms with Crippen LogP contribution in [0.3, 0.4) is 0 Å². The van der Waals surface area contributed by atoms with E-state index < -0.39 is 0 Å². The van der Waals surface area contributed by atoms with Gasteiger partial charge in [0.15, 0.2) is 0 Å². The Hall–Kier alpha value is -1.42. The highest BCUT2D eigenvalue weighted by Gasteiger charge is 2.46. The van der Waals surface area contributed by atoms with Gasteiger partial charge in [0.2, 0.25) is 5.91 Å². The lowest BCUT2D eigenvalue weighted by Crippen LogP contribution is -2.49. The number of rotatable bonds is 3. The van der Waals surface area contributed by atoms with Crippen LogP contribution in [0.15, 0.2) is 24.3 Å². The summed E-state index contributed by atoms with van der Waals surface area (Å²) in [6.45, 7) is 0.753. The Morgan fingerprint density at radius 2 is 2.08 bits per heavy atom. The summed E-state index contributed by atoms with van der Waals surface area (Å²) in [7, 11) is 0. The number of ether oxygens (including phenoxy) is 1. The van der Waals surface area contributed by atoms with Crippen LogP contribution in [0.1, 0.15) is 62.8 Å². The lowest BCUT2D eigenvalue weighted by molar-refractivity contribution is -0.129. The van der Waals surface area contributed by atoms with Gasteiger partial charge in [0.05, 0.1) is 5.60 Å². The molecule has 24 heavy (non-hydrogen) atoms. The molecule has 0 radical (unpaired) electrons. The van der Waals surface area contributed by atoms with Crippen LogP contribution in [0.25, 0.3) is 0 Å². The van der Waals surface area contributed by atoms with Crippen molar-refractivity contribution >= 4 is 5.91 Å². The fourth-order valence-corrected chi connectivity index (χ4v) is 4.59. The predicted molar refractivity (Wildman–Crippen MR) is 90.2 cm³/mol. The second-order valence-corrected chi connectivity index (χ2v) is 7.79. The van der Waals surface area contributed by atoms with E-state index in [1.807, 2.05) is 6.07 Å². The molecule has 0 bridgehead atoms. The highest BCUT2D eigenvalue weighted by molar-refractivity contribution is 5.83.